The van der Waals surface area contributed by atoms with Crippen molar-refractivity contribution < 1.29 is 9.59 Å². The van der Waals surface area contributed by atoms with Gasteiger partial charge < -0.3 is 10.6 Å². The van der Waals surface area contributed by atoms with Crippen molar-refractivity contribution in [1.29, 1.82) is 0 Å². The van der Waals surface area contributed by atoms with Gasteiger partial charge in [0, 0.05) is 7.05 Å². The van der Waals surface area contributed by atoms with Crippen LogP contribution in [0.4, 0.5) is 5.00 Å². The highest BCUT2D eigenvalue weighted by Gasteiger charge is 2.13. The molecule has 1 aromatic carbocycles. The Bertz CT molecular complexity index is 634. The van der Waals surface area contributed by atoms with Crippen LogP contribution in [-0.4, -0.2) is 18.9 Å². The number of hydrogen-bond donors (Lipinski definition) is 2. The number of amides is 2. The highest BCUT2D eigenvalue weighted by molar-refractivity contribution is 7.14. The van der Waals surface area contributed by atoms with Gasteiger partial charge in [-0.3, -0.25) is 9.59 Å². The van der Waals surface area contributed by atoms with Crippen molar-refractivity contribution in [3.63, 3.8) is 0 Å². The Labute approximate surface area is 121 Å². The molecule has 0 aliphatic rings. The second-order valence-corrected chi connectivity index (χ2v) is 5.37. The minimum Gasteiger partial charge on any atom is -0.355 e. The molecule has 0 bridgehead atoms. The Balaban J connectivity index is 2.05. The smallest absolute Gasteiger partial charge is 0.254 e. The van der Waals surface area contributed by atoms with Crippen molar-refractivity contribution in [2.75, 3.05) is 12.4 Å². The number of aryl methyl sites for hydroxylation is 1. The minimum atomic E-state index is -0.197. The first-order valence-corrected chi connectivity index (χ1v) is 7.13. The SMILES string of the molecule is CNC(=O)c1ccsc1NC(=O)Cc1cccc(C)c1. The van der Waals surface area contributed by atoms with E-state index in [1.54, 1.807) is 18.5 Å². The van der Waals surface area contributed by atoms with E-state index in [0.29, 0.717) is 17.0 Å². The van der Waals surface area contributed by atoms with Crippen LogP contribution in [0.15, 0.2) is 35.7 Å². The fraction of sp³-hybridized carbons (Fsp3) is 0.200. The van der Waals surface area contributed by atoms with Gasteiger partial charge in [0.2, 0.25) is 5.91 Å². The number of carbonyl (C=O) groups is 2. The molecule has 0 aliphatic heterocycles. The van der Waals surface area contributed by atoms with Crippen LogP contribution in [0.1, 0.15) is 21.5 Å². The third-order valence-electron chi connectivity index (χ3n) is 2.84. The molecule has 2 N–H and O–H groups in total. The first-order valence-electron chi connectivity index (χ1n) is 6.25. The maximum Gasteiger partial charge on any atom is 0.254 e. The van der Waals surface area contributed by atoms with Gasteiger partial charge in [-0.05, 0) is 23.9 Å². The van der Waals surface area contributed by atoms with Crippen LogP contribution >= 0.6 is 11.3 Å². The molecule has 2 amide bonds. The highest BCUT2D eigenvalue weighted by atomic mass is 32.1. The molecule has 5 heteroatoms. The number of anilines is 1. The summed E-state index contributed by atoms with van der Waals surface area (Å²) in [5.74, 6) is -0.319. The predicted molar refractivity (Wildman–Crippen MR) is 81.2 cm³/mol. The second-order valence-electron chi connectivity index (χ2n) is 4.46. The Kier molecular flexibility index (Phi) is 4.53. The summed E-state index contributed by atoms with van der Waals surface area (Å²) >= 11 is 1.34. The van der Waals surface area contributed by atoms with E-state index in [1.165, 1.54) is 11.3 Å². The largest absolute Gasteiger partial charge is 0.355 e. The molecule has 20 heavy (non-hydrogen) atoms. The molecule has 4 nitrogen and oxygen atoms in total. The van der Waals surface area contributed by atoms with Crippen LogP contribution in [0.25, 0.3) is 0 Å². The Morgan fingerprint density at radius 3 is 2.75 bits per heavy atom. The summed E-state index contributed by atoms with van der Waals surface area (Å²) < 4.78 is 0. The zero-order valence-electron chi connectivity index (χ0n) is 11.4. The van der Waals surface area contributed by atoms with Crippen LogP contribution in [0, 0.1) is 6.92 Å². The predicted octanol–water partition coefficient (Wildman–Crippen LogP) is 2.60. The summed E-state index contributed by atoms with van der Waals surface area (Å²) in [7, 11) is 1.57. The third-order valence-corrected chi connectivity index (χ3v) is 3.67. The van der Waals surface area contributed by atoms with Gasteiger partial charge in [0.25, 0.3) is 5.91 Å². The molecule has 0 saturated carbocycles. The second kappa shape index (κ2) is 6.34. The first kappa shape index (κ1) is 14.3. The van der Waals surface area contributed by atoms with Gasteiger partial charge in [0.05, 0.1) is 12.0 Å². The number of nitrogens with one attached hydrogen (secondary N) is 2. The van der Waals surface area contributed by atoms with Gasteiger partial charge in [-0.2, -0.15) is 0 Å². The summed E-state index contributed by atoms with van der Waals surface area (Å²) in [5.41, 5.74) is 2.58. The number of carbonyl (C=O) groups excluding carboxylic acids is 2. The summed E-state index contributed by atoms with van der Waals surface area (Å²) in [6.07, 6.45) is 0.298. The maximum atomic E-state index is 12.0. The standard InChI is InChI=1S/C15H16N2O2S/c1-10-4-3-5-11(8-10)9-13(18)17-15-12(6-7-20-15)14(19)16-2/h3-8H,9H2,1-2H3,(H,16,19)(H,17,18). The number of thiophene rings is 1. The topological polar surface area (TPSA) is 58.2 Å². The van der Waals surface area contributed by atoms with Crippen molar-refractivity contribution in [3.05, 3.63) is 52.4 Å². The molecule has 2 aromatic rings. The van der Waals surface area contributed by atoms with E-state index in [9.17, 15) is 9.59 Å². The average molecular weight is 288 g/mol. The van der Waals surface area contributed by atoms with Crippen molar-refractivity contribution in [3.8, 4) is 0 Å². The third kappa shape index (κ3) is 3.45. The molecular weight excluding hydrogens is 272 g/mol. The average Bonchev–Trinajstić information content (AvgIpc) is 2.85. The van der Waals surface area contributed by atoms with Gasteiger partial charge >= 0.3 is 0 Å². The molecule has 1 aromatic heterocycles. The zero-order chi connectivity index (χ0) is 14.5. The molecular formula is C15H16N2O2S. The van der Waals surface area contributed by atoms with Crippen LogP contribution in [0.2, 0.25) is 0 Å². The quantitative estimate of drug-likeness (QED) is 0.908. The summed E-state index contributed by atoms with van der Waals surface area (Å²) in [4.78, 5) is 23.6. The van der Waals surface area contributed by atoms with Gasteiger partial charge in [-0.1, -0.05) is 29.8 Å². The molecule has 0 fully saturated rings. The number of benzene rings is 1. The molecule has 2 rings (SSSR count). The van der Waals surface area contributed by atoms with Gasteiger partial charge in [-0.15, -0.1) is 11.3 Å². The monoisotopic (exact) mass is 288 g/mol. The van der Waals surface area contributed by atoms with Crippen molar-refractivity contribution in [2.45, 2.75) is 13.3 Å². The van der Waals surface area contributed by atoms with Crippen LogP contribution in [0.5, 0.6) is 0 Å². The number of hydrogen-bond acceptors (Lipinski definition) is 3. The fourth-order valence-electron chi connectivity index (χ4n) is 1.90. The lowest BCUT2D eigenvalue weighted by atomic mass is 10.1. The molecule has 0 aliphatic carbocycles. The lowest BCUT2D eigenvalue weighted by molar-refractivity contribution is -0.115. The van der Waals surface area contributed by atoms with E-state index in [1.807, 2.05) is 31.2 Å². The highest BCUT2D eigenvalue weighted by Crippen LogP contribution is 2.23. The Hall–Kier alpha value is -2.14. The van der Waals surface area contributed by atoms with E-state index in [2.05, 4.69) is 10.6 Å². The molecule has 1 heterocycles. The van der Waals surface area contributed by atoms with Crippen LogP contribution in [0.3, 0.4) is 0 Å². The molecule has 0 radical (unpaired) electrons. The Morgan fingerprint density at radius 1 is 1.25 bits per heavy atom. The normalized spacial score (nSPS) is 10.1. The Morgan fingerprint density at radius 2 is 2.05 bits per heavy atom. The molecule has 0 unspecified atom stereocenters. The van der Waals surface area contributed by atoms with Crippen molar-refractivity contribution in [2.24, 2.45) is 0 Å². The van der Waals surface area contributed by atoms with E-state index in [-0.39, 0.29) is 11.8 Å². The van der Waals surface area contributed by atoms with Crippen molar-refractivity contribution >= 4 is 28.2 Å². The lowest BCUT2D eigenvalue weighted by Crippen LogP contribution is -2.20. The molecule has 104 valence electrons. The zero-order valence-corrected chi connectivity index (χ0v) is 12.2. The fourth-order valence-corrected chi connectivity index (χ4v) is 2.70. The van der Waals surface area contributed by atoms with E-state index < -0.39 is 0 Å². The van der Waals surface area contributed by atoms with Crippen LogP contribution in [-0.2, 0) is 11.2 Å². The van der Waals surface area contributed by atoms with E-state index in [0.717, 1.165) is 11.1 Å². The van der Waals surface area contributed by atoms with Gasteiger partial charge in [0.1, 0.15) is 5.00 Å². The molecule has 0 atom stereocenters. The van der Waals surface area contributed by atoms with E-state index >= 15 is 0 Å². The van der Waals surface area contributed by atoms with Gasteiger partial charge in [-0.25, -0.2) is 0 Å². The maximum absolute atomic E-state index is 12.0. The van der Waals surface area contributed by atoms with E-state index in [4.69, 9.17) is 0 Å². The van der Waals surface area contributed by atoms with Crippen molar-refractivity contribution in [1.82, 2.24) is 5.32 Å². The first-order chi connectivity index (χ1) is 9.60. The molecule has 0 saturated heterocycles. The summed E-state index contributed by atoms with van der Waals surface area (Å²) in [6, 6.07) is 9.52. The van der Waals surface area contributed by atoms with Gasteiger partial charge in [0.15, 0.2) is 0 Å². The number of rotatable bonds is 4. The minimum absolute atomic E-state index is 0.122. The summed E-state index contributed by atoms with van der Waals surface area (Å²) in [6.45, 7) is 1.99. The summed E-state index contributed by atoms with van der Waals surface area (Å²) in [5, 5.41) is 7.72. The lowest BCUT2D eigenvalue weighted by Gasteiger charge is -2.06. The van der Waals surface area contributed by atoms with Crippen LogP contribution < -0.4 is 10.6 Å². The molecule has 0 spiro atoms.